The summed E-state index contributed by atoms with van der Waals surface area (Å²) in [4.78, 5) is 12.4. The number of nitrogens with one attached hydrogen (secondary N) is 3. The van der Waals surface area contributed by atoms with Gasteiger partial charge in [0, 0.05) is 35.9 Å². The number of anilines is 5. The fourth-order valence-corrected chi connectivity index (χ4v) is 4.22. The monoisotopic (exact) mass is 516 g/mol. The third-order valence-corrected chi connectivity index (χ3v) is 6.26. The molecule has 0 radical (unpaired) electrons. The molecule has 3 aromatic rings. The van der Waals surface area contributed by atoms with Crippen LogP contribution in [0.25, 0.3) is 0 Å². The van der Waals surface area contributed by atoms with Crippen LogP contribution >= 0.6 is 27.9 Å². The van der Waals surface area contributed by atoms with E-state index < -0.39 is 0 Å². The van der Waals surface area contributed by atoms with Crippen molar-refractivity contribution in [1.82, 2.24) is 14.7 Å². The minimum atomic E-state index is 0.465. The van der Waals surface area contributed by atoms with Gasteiger partial charge in [-0.15, -0.1) is 0 Å². The summed E-state index contributed by atoms with van der Waals surface area (Å²) in [6, 6.07) is 14.1. The highest BCUT2D eigenvalue weighted by Gasteiger charge is 2.15. The van der Waals surface area contributed by atoms with Crippen LogP contribution in [-0.4, -0.2) is 50.4 Å². The third-order valence-electron chi connectivity index (χ3n) is 4.90. The molecule has 0 saturated carbocycles. The molecule has 0 aliphatic carbocycles. The van der Waals surface area contributed by atoms with E-state index in [0.717, 1.165) is 58.5 Å². The molecular formula is C22H25BrN6O2S. The quantitative estimate of drug-likeness (QED) is 0.365. The maximum atomic E-state index is 5.63. The van der Waals surface area contributed by atoms with Crippen LogP contribution in [0, 0.1) is 0 Å². The summed E-state index contributed by atoms with van der Waals surface area (Å²) in [5.74, 6) is 1.85. The van der Waals surface area contributed by atoms with Gasteiger partial charge in [-0.05, 0) is 59.2 Å². The highest BCUT2D eigenvalue weighted by Crippen LogP contribution is 2.34. The van der Waals surface area contributed by atoms with E-state index in [1.54, 1.807) is 13.3 Å². The van der Waals surface area contributed by atoms with E-state index in [4.69, 9.17) is 9.47 Å². The van der Waals surface area contributed by atoms with Crippen LogP contribution < -0.4 is 25.0 Å². The van der Waals surface area contributed by atoms with E-state index in [0.29, 0.717) is 11.8 Å². The minimum absolute atomic E-state index is 0.465. The normalized spacial score (nSPS) is 13.7. The first-order valence-corrected chi connectivity index (χ1v) is 11.8. The van der Waals surface area contributed by atoms with Crippen molar-refractivity contribution in [2.75, 3.05) is 56.0 Å². The van der Waals surface area contributed by atoms with Crippen molar-refractivity contribution in [2.24, 2.45) is 0 Å². The third kappa shape index (κ3) is 5.44. The van der Waals surface area contributed by atoms with Gasteiger partial charge in [0.15, 0.2) is 0 Å². The van der Waals surface area contributed by atoms with Gasteiger partial charge in [0.05, 0.1) is 36.2 Å². The molecule has 3 N–H and O–H groups in total. The van der Waals surface area contributed by atoms with Crippen molar-refractivity contribution < 1.29 is 9.47 Å². The maximum absolute atomic E-state index is 5.63. The molecule has 1 saturated heterocycles. The summed E-state index contributed by atoms with van der Waals surface area (Å²) in [6.07, 6.45) is 1.72. The van der Waals surface area contributed by atoms with Crippen LogP contribution in [0.4, 0.5) is 28.8 Å². The predicted octanol–water partition coefficient (Wildman–Crippen LogP) is 4.80. The molecule has 1 fully saturated rings. The fraction of sp³-hybridized carbons (Fsp3) is 0.273. The molecule has 0 unspecified atom stereocenters. The van der Waals surface area contributed by atoms with Crippen molar-refractivity contribution >= 4 is 56.7 Å². The van der Waals surface area contributed by atoms with E-state index >= 15 is 0 Å². The molecule has 2 aromatic carbocycles. The first-order chi connectivity index (χ1) is 15.7. The standard InChI is InChI=1S/C22H25BrN6O2S/c1-24-32-20-6-4-3-5-18(20)26-21-16(23)14-25-22(28-21)27-17-8-7-15(13-19(17)30-2)29-9-11-31-12-10-29/h3-8,13-14,24H,9-12H2,1-2H3,(H2,25,26,27,28). The molecule has 1 aromatic heterocycles. The Kier molecular flexibility index (Phi) is 7.69. The molecule has 4 rings (SSSR count). The second-order valence-electron chi connectivity index (χ2n) is 6.93. The Bertz CT molecular complexity index is 1060. The Morgan fingerprint density at radius 2 is 1.91 bits per heavy atom. The summed E-state index contributed by atoms with van der Waals surface area (Å²) in [6.45, 7) is 3.21. The Morgan fingerprint density at radius 3 is 2.69 bits per heavy atom. The van der Waals surface area contributed by atoms with Crippen LogP contribution in [0.3, 0.4) is 0 Å². The summed E-state index contributed by atoms with van der Waals surface area (Å²) in [5, 5.41) is 6.66. The van der Waals surface area contributed by atoms with Gasteiger partial charge in [-0.2, -0.15) is 4.98 Å². The van der Waals surface area contributed by atoms with Crippen molar-refractivity contribution in [2.45, 2.75) is 4.90 Å². The number of nitrogens with zero attached hydrogens (tertiary/aromatic N) is 3. The number of halogens is 1. The van der Waals surface area contributed by atoms with Gasteiger partial charge in [-0.25, -0.2) is 4.98 Å². The molecule has 1 aliphatic heterocycles. The van der Waals surface area contributed by atoms with Gasteiger partial charge in [0.1, 0.15) is 11.6 Å². The number of aromatic nitrogens is 2. The first-order valence-electron chi connectivity index (χ1n) is 10.2. The lowest BCUT2D eigenvalue weighted by atomic mass is 10.2. The van der Waals surface area contributed by atoms with Gasteiger partial charge in [-0.3, -0.25) is 4.72 Å². The summed E-state index contributed by atoms with van der Waals surface area (Å²) < 4.78 is 15.0. The number of para-hydroxylation sites is 1. The summed E-state index contributed by atoms with van der Waals surface area (Å²) in [5.41, 5.74) is 2.85. The highest BCUT2D eigenvalue weighted by atomic mass is 79.9. The smallest absolute Gasteiger partial charge is 0.229 e. The summed E-state index contributed by atoms with van der Waals surface area (Å²) >= 11 is 5.08. The van der Waals surface area contributed by atoms with Crippen molar-refractivity contribution in [3.05, 3.63) is 53.1 Å². The molecule has 0 spiro atoms. The van der Waals surface area contributed by atoms with Crippen LogP contribution in [0.1, 0.15) is 0 Å². The number of hydrogen-bond donors (Lipinski definition) is 3. The first kappa shape index (κ1) is 22.7. The number of morpholine rings is 1. The molecular weight excluding hydrogens is 492 g/mol. The SMILES string of the molecule is CNSc1ccccc1Nc1nc(Nc2ccc(N3CCOCC3)cc2OC)ncc1Br. The molecule has 0 amide bonds. The molecule has 1 aliphatic rings. The lowest BCUT2D eigenvalue weighted by Crippen LogP contribution is -2.36. The van der Waals surface area contributed by atoms with Gasteiger partial charge < -0.3 is 25.0 Å². The average Bonchev–Trinajstić information content (AvgIpc) is 2.83. The lowest BCUT2D eigenvalue weighted by Gasteiger charge is -2.29. The largest absolute Gasteiger partial charge is 0.494 e. The van der Waals surface area contributed by atoms with Crippen molar-refractivity contribution in [1.29, 1.82) is 0 Å². The van der Waals surface area contributed by atoms with Gasteiger partial charge in [0.25, 0.3) is 0 Å². The predicted molar refractivity (Wildman–Crippen MR) is 134 cm³/mol. The number of benzene rings is 2. The van der Waals surface area contributed by atoms with Crippen LogP contribution in [0.2, 0.25) is 0 Å². The topological polar surface area (TPSA) is 83.6 Å². The maximum Gasteiger partial charge on any atom is 0.229 e. The van der Waals surface area contributed by atoms with Crippen LogP contribution in [0.5, 0.6) is 5.75 Å². The average molecular weight is 517 g/mol. The molecule has 2 heterocycles. The van der Waals surface area contributed by atoms with Crippen LogP contribution in [0.15, 0.2) is 58.0 Å². The van der Waals surface area contributed by atoms with Crippen LogP contribution in [-0.2, 0) is 4.74 Å². The van der Waals surface area contributed by atoms with E-state index in [-0.39, 0.29) is 0 Å². The second kappa shape index (κ2) is 10.9. The number of hydrogen-bond acceptors (Lipinski definition) is 9. The molecule has 0 bridgehead atoms. The zero-order chi connectivity index (χ0) is 22.3. The molecule has 168 valence electrons. The number of methoxy groups -OCH3 is 1. The van der Waals surface area contributed by atoms with Crippen molar-refractivity contribution in [3.8, 4) is 5.75 Å². The Hall–Kier alpha value is -2.53. The highest BCUT2D eigenvalue weighted by molar-refractivity contribution is 9.10. The zero-order valence-corrected chi connectivity index (χ0v) is 20.3. The zero-order valence-electron chi connectivity index (χ0n) is 17.9. The Balaban J connectivity index is 1.55. The van der Waals surface area contributed by atoms with Gasteiger partial charge in [0.2, 0.25) is 5.95 Å². The molecule has 8 nitrogen and oxygen atoms in total. The van der Waals surface area contributed by atoms with Gasteiger partial charge in [-0.1, -0.05) is 12.1 Å². The number of rotatable bonds is 8. The van der Waals surface area contributed by atoms with E-state index in [9.17, 15) is 0 Å². The molecule has 10 heteroatoms. The van der Waals surface area contributed by atoms with E-state index in [2.05, 4.69) is 52.2 Å². The second-order valence-corrected chi connectivity index (χ2v) is 8.83. The number of ether oxygens (including phenoxy) is 2. The van der Waals surface area contributed by atoms with Gasteiger partial charge >= 0.3 is 0 Å². The van der Waals surface area contributed by atoms with E-state index in [1.807, 2.05) is 43.4 Å². The Morgan fingerprint density at radius 1 is 1.09 bits per heavy atom. The van der Waals surface area contributed by atoms with Crippen molar-refractivity contribution in [3.63, 3.8) is 0 Å². The fourth-order valence-electron chi connectivity index (χ4n) is 3.33. The summed E-state index contributed by atoms with van der Waals surface area (Å²) in [7, 11) is 3.55. The Labute approximate surface area is 200 Å². The van der Waals surface area contributed by atoms with E-state index in [1.165, 1.54) is 11.9 Å². The molecule has 32 heavy (non-hydrogen) atoms. The lowest BCUT2D eigenvalue weighted by molar-refractivity contribution is 0.122. The molecule has 0 atom stereocenters. The minimum Gasteiger partial charge on any atom is -0.494 e.